The second-order valence-electron chi connectivity index (χ2n) is 5.80. The van der Waals surface area contributed by atoms with Crippen molar-refractivity contribution in [2.24, 2.45) is 0 Å². The van der Waals surface area contributed by atoms with E-state index in [1.807, 2.05) is 48.5 Å². The van der Waals surface area contributed by atoms with Crippen LogP contribution in [0.3, 0.4) is 0 Å². The lowest BCUT2D eigenvalue weighted by molar-refractivity contribution is 0.0697. The van der Waals surface area contributed by atoms with Gasteiger partial charge in [-0.1, -0.05) is 35.9 Å². The molecule has 0 fully saturated rings. The van der Waals surface area contributed by atoms with E-state index in [9.17, 15) is 4.79 Å². The van der Waals surface area contributed by atoms with Crippen LogP contribution in [0.25, 0.3) is 0 Å². The molecule has 26 heavy (non-hydrogen) atoms. The lowest BCUT2D eigenvalue weighted by Gasteiger charge is -2.09. The molecule has 0 atom stereocenters. The highest BCUT2D eigenvalue weighted by Crippen LogP contribution is 2.17. The van der Waals surface area contributed by atoms with E-state index in [1.165, 1.54) is 0 Å². The van der Waals surface area contributed by atoms with Crippen molar-refractivity contribution < 1.29 is 14.6 Å². The Kier molecular flexibility index (Phi) is 5.77. The van der Waals surface area contributed by atoms with Crippen LogP contribution in [0.4, 0.5) is 5.69 Å². The molecule has 0 aliphatic carbocycles. The van der Waals surface area contributed by atoms with Crippen molar-refractivity contribution in [2.75, 3.05) is 5.32 Å². The Labute approximate surface area is 157 Å². The lowest BCUT2D eigenvalue weighted by Crippen LogP contribution is -2.01. The lowest BCUT2D eigenvalue weighted by atomic mass is 10.2. The highest BCUT2D eigenvalue weighted by Gasteiger charge is 2.02. The summed E-state index contributed by atoms with van der Waals surface area (Å²) < 4.78 is 5.77. The molecule has 4 nitrogen and oxygen atoms in total. The molecule has 0 aromatic heterocycles. The molecule has 3 rings (SSSR count). The van der Waals surface area contributed by atoms with Gasteiger partial charge in [-0.2, -0.15) is 0 Å². The third kappa shape index (κ3) is 5.01. The molecule has 0 saturated heterocycles. The van der Waals surface area contributed by atoms with Gasteiger partial charge in [-0.3, -0.25) is 0 Å². The molecule has 2 N–H and O–H groups in total. The molecule has 3 aromatic carbocycles. The molecule has 132 valence electrons. The summed E-state index contributed by atoms with van der Waals surface area (Å²) in [6.45, 7) is 1.13. The first-order valence-corrected chi connectivity index (χ1v) is 8.51. The zero-order chi connectivity index (χ0) is 18.4. The van der Waals surface area contributed by atoms with Crippen molar-refractivity contribution in [3.63, 3.8) is 0 Å². The van der Waals surface area contributed by atoms with Crippen LogP contribution in [0.2, 0.25) is 5.02 Å². The van der Waals surface area contributed by atoms with E-state index in [-0.39, 0.29) is 5.56 Å². The van der Waals surface area contributed by atoms with E-state index < -0.39 is 5.97 Å². The zero-order valence-corrected chi connectivity index (χ0v) is 14.7. The van der Waals surface area contributed by atoms with Gasteiger partial charge in [-0.25, -0.2) is 4.79 Å². The largest absolute Gasteiger partial charge is 0.489 e. The van der Waals surface area contributed by atoms with Crippen molar-refractivity contribution in [2.45, 2.75) is 13.2 Å². The van der Waals surface area contributed by atoms with Crippen LogP contribution >= 0.6 is 11.6 Å². The summed E-state index contributed by atoms with van der Waals surface area (Å²) in [4.78, 5) is 10.8. The van der Waals surface area contributed by atoms with Gasteiger partial charge in [0.1, 0.15) is 12.4 Å². The van der Waals surface area contributed by atoms with Crippen LogP contribution in [0.15, 0.2) is 72.8 Å². The third-order valence-electron chi connectivity index (χ3n) is 3.87. The molecule has 0 amide bonds. The maximum atomic E-state index is 10.8. The molecule has 3 aromatic rings. The van der Waals surface area contributed by atoms with E-state index in [4.69, 9.17) is 21.4 Å². The molecule has 0 aliphatic heterocycles. The predicted molar refractivity (Wildman–Crippen MR) is 103 cm³/mol. The molecule has 0 unspecified atom stereocenters. The molecule has 0 aliphatic rings. The van der Waals surface area contributed by atoms with Gasteiger partial charge < -0.3 is 15.2 Å². The van der Waals surface area contributed by atoms with E-state index in [0.29, 0.717) is 18.2 Å². The average molecular weight is 368 g/mol. The quantitative estimate of drug-likeness (QED) is 0.600. The van der Waals surface area contributed by atoms with Gasteiger partial charge in [0, 0.05) is 17.3 Å². The maximum Gasteiger partial charge on any atom is 0.335 e. The number of benzene rings is 3. The first-order chi connectivity index (χ1) is 12.6. The Hall–Kier alpha value is -2.98. The fourth-order valence-corrected chi connectivity index (χ4v) is 2.51. The summed E-state index contributed by atoms with van der Waals surface area (Å²) >= 11 is 5.87. The Morgan fingerprint density at radius 1 is 0.885 bits per heavy atom. The zero-order valence-electron chi connectivity index (χ0n) is 14.0. The van der Waals surface area contributed by atoms with E-state index in [0.717, 1.165) is 22.6 Å². The van der Waals surface area contributed by atoms with Crippen molar-refractivity contribution >= 4 is 23.3 Å². The third-order valence-corrected chi connectivity index (χ3v) is 4.12. The Balaban J connectivity index is 1.50. The Bertz CT molecular complexity index is 859. The van der Waals surface area contributed by atoms with Crippen LogP contribution < -0.4 is 10.1 Å². The monoisotopic (exact) mass is 367 g/mol. The van der Waals surface area contributed by atoms with Gasteiger partial charge in [0.05, 0.1) is 5.56 Å². The van der Waals surface area contributed by atoms with Crippen LogP contribution in [-0.4, -0.2) is 11.1 Å². The van der Waals surface area contributed by atoms with Crippen molar-refractivity contribution in [3.05, 3.63) is 94.5 Å². The highest BCUT2D eigenvalue weighted by atomic mass is 35.5. The predicted octanol–water partition coefficient (Wildman–Crippen LogP) is 5.23. The number of carboxylic acid groups (broad SMARTS) is 1. The number of carboxylic acids is 1. The number of rotatable bonds is 7. The summed E-state index contributed by atoms with van der Waals surface area (Å²) in [5.74, 6) is -0.125. The molecule has 0 bridgehead atoms. The van der Waals surface area contributed by atoms with Gasteiger partial charge in [0.15, 0.2) is 0 Å². The molecule has 5 heteroatoms. The SMILES string of the molecule is O=C(O)c1ccc(NCc2ccc(OCc3ccc(Cl)cc3)cc2)cc1. The van der Waals surface area contributed by atoms with Crippen molar-refractivity contribution in [1.82, 2.24) is 0 Å². The van der Waals surface area contributed by atoms with E-state index in [1.54, 1.807) is 24.3 Å². The van der Waals surface area contributed by atoms with Gasteiger partial charge in [0.25, 0.3) is 0 Å². The number of hydrogen-bond acceptors (Lipinski definition) is 3. The maximum absolute atomic E-state index is 10.8. The number of hydrogen-bond donors (Lipinski definition) is 2. The first kappa shape index (κ1) is 17.8. The summed E-state index contributed by atoms with van der Waals surface area (Å²) in [7, 11) is 0. The summed E-state index contributed by atoms with van der Waals surface area (Å²) in [5.41, 5.74) is 3.31. The number of ether oxygens (including phenoxy) is 1. The second kappa shape index (κ2) is 8.41. The van der Waals surface area contributed by atoms with Gasteiger partial charge in [0.2, 0.25) is 0 Å². The van der Waals surface area contributed by atoms with Crippen LogP contribution in [-0.2, 0) is 13.2 Å². The van der Waals surface area contributed by atoms with Crippen LogP contribution in [0.5, 0.6) is 5.75 Å². The van der Waals surface area contributed by atoms with Crippen molar-refractivity contribution in [3.8, 4) is 5.75 Å². The standard InChI is InChI=1S/C21H18ClNO3/c22-18-7-1-16(2-8-18)14-26-20-11-3-15(4-12-20)13-23-19-9-5-17(6-10-19)21(24)25/h1-12,23H,13-14H2,(H,24,25). The average Bonchev–Trinajstić information content (AvgIpc) is 2.67. The van der Waals surface area contributed by atoms with E-state index >= 15 is 0 Å². The molecule has 0 radical (unpaired) electrons. The second-order valence-corrected chi connectivity index (χ2v) is 6.23. The minimum atomic E-state index is -0.925. The molecular weight excluding hydrogens is 350 g/mol. The molecule has 0 spiro atoms. The molecule has 0 heterocycles. The van der Waals surface area contributed by atoms with Crippen LogP contribution in [0, 0.1) is 0 Å². The van der Waals surface area contributed by atoms with Gasteiger partial charge >= 0.3 is 5.97 Å². The molecular formula is C21H18ClNO3. The highest BCUT2D eigenvalue weighted by molar-refractivity contribution is 6.30. The number of carbonyl (C=O) groups is 1. The van der Waals surface area contributed by atoms with Gasteiger partial charge in [-0.15, -0.1) is 0 Å². The minimum absolute atomic E-state index is 0.276. The number of halogens is 1. The number of aromatic carboxylic acids is 1. The van der Waals surface area contributed by atoms with E-state index in [2.05, 4.69) is 5.32 Å². The fraction of sp³-hybridized carbons (Fsp3) is 0.0952. The summed E-state index contributed by atoms with van der Waals surface area (Å²) in [6.07, 6.45) is 0. The minimum Gasteiger partial charge on any atom is -0.489 e. The Morgan fingerprint density at radius 2 is 1.50 bits per heavy atom. The van der Waals surface area contributed by atoms with Crippen LogP contribution in [0.1, 0.15) is 21.5 Å². The fourth-order valence-electron chi connectivity index (χ4n) is 2.39. The summed E-state index contributed by atoms with van der Waals surface area (Å²) in [5, 5.41) is 12.9. The molecule has 0 saturated carbocycles. The number of nitrogens with one attached hydrogen (secondary N) is 1. The van der Waals surface area contributed by atoms with Gasteiger partial charge in [-0.05, 0) is 59.7 Å². The Morgan fingerprint density at radius 3 is 2.12 bits per heavy atom. The smallest absolute Gasteiger partial charge is 0.335 e. The summed E-state index contributed by atoms with van der Waals surface area (Å²) in [6, 6.07) is 22.1. The topological polar surface area (TPSA) is 58.6 Å². The van der Waals surface area contributed by atoms with Crippen molar-refractivity contribution in [1.29, 1.82) is 0 Å². The first-order valence-electron chi connectivity index (χ1n) is 8.13. The number of anilines is 1. The normalized spacial score (nSPS) is 10.3.